The van der Waals surface area contributed by atoms with Gasteiger partial charge in [-0.05, 0) is 35.4 Å². The first-order chi connectivity index (χ1) is 10.1. The molecule has 0 aliphatic rings. The standard InChI is InChI=1S/C18H12F2O/c1-11-9-10-14(13-6-3-2-5-12(11)13)18(21)15-7-4-8-16(19)17(15)20/h2-10H,1H3. The van der Waals surface area contributed by atoms with Crippen LogP contribution in [0.25, 0.3) is 10.8 Å². The van der Waals surface area contributed by atoms with E-state index in [1.54, 1.807) is 6.07 Å². The van der Waals surface area contributed by atoms with E-state index < -0.39 is 17.4 Å². The van der Waals surface area contributed by atoms with Gasteiger partial charge in [0.2, 0.25) is 0 Å². The second-order valence-corrected chi connectivity index (χ2v) is 4.91. The van der Waals surface area contributed by atoms with Crippen molar-refractivity contribution in [3.8, 4) is 0 Å². The van der Waals surface area contributed by atoms with Crippen molar-refractivity contribution in [2.24, 2.45) is 0 Å². The highest BCUT2D eigenvalue weighted by molar-refractivity contribution is 6.16. The molecule has 0 radical (unpaired) electrons. The predicted octanol–water partition coefficient (Wildman–Crippen LogP) is 4.66. The predicted molar refractivity (Wildman–Crippen MR) is 78.5 cm³/mol. The first kappa shape index (κ1) is 13.4. The fourth-order valence-corrected chi connectivity index (χ4v) is 2.47. The average Bonchev–Trinajstić information content (AvgIpc) is 2.50. The highest BCUT2D eigenvalue weighted by Crippen LogP contribution is 2.25. The largest absolute Gasteiger partial charge is 0.288 e. The number of halogens is 2. The molecular weight excluding hydrogens is 270 g/mol. The number of hydrogen-bond donors (Lipinski definition) is 0. The molecule has 3 aromatic rings. The molecule has 104 valence electrons. The molecule has 3 rings (SSSR count). The van der Waals surface area contributed by atoms with Crippen LogP contribution in [0.3, 0.4) is 0 Å². The molecule has 0 fully saturated rings. The van der Waals surface area contributed by atoms with Crippen LogP contribution in [-0.2, 0) is 0 Å². The number of rotatable bonds is 2. The highest BCUT2D eigenvalue weighted by atomic mass is 19.2. The molecule has 21 heavy (non-hydrogen) atoms. The van der Waals surface area contributed by atoms with Crippen molar-refractivity contribution in [1.29, 1.82) is 0 Å². The third-order valence-corrected chi connectivity index (χ3v) is 3.58. The smallest absolute Gasteiger partial charge is 0.196 e. The third-order valence-electron chi connectivity index (χ3n) is 3.58. The van der Waals surface area contributed by atoms with Gasteiger partial charge in [-0.15, -0.1) is 0 Å². The number of carbonyl (C=O) groups is 1. The Morgan fingerprint density at radius 2 is 1.52 bits per heavy atom. The lowest BCUT2D eigenvalue weighted by Gasteiger charge is -2.09. The monoisotopic (exact) mass is 282 g/mol. The summed E-state index contributed by atoms with van der Waals surface area (Å²) >= 11 is 0. The second-order valence-electron chi connectivity index (χ2n) is 4.91. The maximum Gasteiger partial charge on any atom is 0.196 e. The van der Waals surface area contributed by atoms with Gasteiger partial charge in [0, 0.05) is 5.56 Å². The number of benzene rings is 3. The van der Waals surface area contributed by atoms with E-state index >= 15 is 0 Å². The minimum absolute atomic E-state index is 0.246. The Labute approximate surface area is 120 Å². The van der Waals surface area contributed by atoms with E-state index in [9.17, 15) is 13.6 Å². The Morgan fingerprint density at radius 1 is 0.810 bits per heavy atom. The summed E-state index contributed by atoms with van der Waals surface area (Å²) in [5, 5.41) is 1.67. The van der Waals surface area contributed by atoms with Gasteiger partial charge in [-0.3, -0.25) is 4.79 Å². The maximum absolute atomic E-state index is 13.8. The Balaban J connectivity index is 2.23. The van der Waals surface area contributed by atoms with Gasteiger partial charge in [-0.25, -0.2) is 8.78 Å². The molecule has 0 amide bonds. The minimum atomic E-state index is -1.10. The van der Waals surface area contributed by atoms with E-state index in [1.165, 1.54) is 12.1 Å². The van der Waals surface area contributed by atoms with Crippen molar-refractivity contribution in [3.63, 3.8) is 0 Å². The molecular formula is C18H12F2O. The van der Waals surface area contributed by atoms with Crippen molar-refractivity contribution >= 4 is 16.6 Å². The van der Waals surface area contributed by atoms with Gasteiger partial charge < -0.3 is 0 Å². The van der Waals surface area contributed by atoms with Gasteiger partial charge in [0.15, 0.2) is 17.4 Å². The molecule has 0 aromatic heterocycles. The van der Waals surface area contributed by atoms with Gasteiger partial charge in [-0.2, -0.15) is 0 Å². The van der Waals surface area contributed by atoms with E-state index in [2.05, 4.69) is 0 Å². The number of ketones is 1. The average molecular weight is 282 g/mol. The Bertz CT molecular complexity index is 853. The third kappa shape index (κ3) is 2.21. The summed E-state index contributed by atoms with van der Waals surface area (Å²) in [6.45, 7) is 1.94. The molecule has 0 aliphatic carbocycles. The van der Waals surface area contributed by atoms with Crippen LogP contribution in [-0.4, -0.2) is 5.78 Å². The first-order valence-electron chi connectivity index (χ1n) is 6.56. The quantitative estimate of drug-likeness (QED) is 0.625. The summed E-state index contributed by atoms with van der Waals surface area (Å²) in [6.07, 6.45) is 0. The maximum atomic E-state index is 13.8. The van der Waals surface area contributed by atoms with Crippen molar-refractivity contribution in [2.75, 3.05) is 0 Å². The second kappa shape index (κ2) is 5.09. The summed E-state index contributed by atoms with van der Waals surface area (Å²) in [4.78, 5) is 12.5. The first-order valence-corrected chi connectivity index (χ1v) is 6.56. The van der Waals surface area contributed by atoms with Gasteiger partial charge in [-0.1, -0.05) is 42.5 Å². The number of aryl methyl sites for hydroxylation is 1. The Morgan fingerprint density at radius 3 is 2.29 bits per heavy atom. The van der Waals surface area contributed by atoms with Crippen LogP contribution in [0.15, 0.2) is 54.6 Å². The molecule has 0 atom stereocenters. The molecule has 0 heterocycles. The van der Waals surface area contributed by atoms with E-state index in [1.807, 2.05) is 37.3 Å². The molecule has 0 spiro atoms. The van der Waals surface area contributed by atoms with Crippen molar-refractivity contribution < 1.29 is 13.6 Å². The molecule has 0 unspecified atom stereocenters. The fourth-order valence-electron chi connectivity index (χ4n) is 2.47. The van der Waals surface area contributed by atoms with Crippen LogP contribution in [0, 0.1) is 18.6 Å². The topological polar surface area (TPSA) is 17.1 Å². The Hall–Kier alpha value is -2.55. The minimum Gasteiger partial charge on any atom is -0.288 e. The van der Waals surface area contributed by atoms with E-state index in [-0.39, 0.29) is 5.56 Å². The molecule has 0 N–H and O–H groups in total. The van der Waals surface area contributed by atoms with Crippen molar-refractivity contribution in [1.82, 2.24) is 0 Å². The lowest BCUT2D eigenvalue weighted by Crippen LogP contribution is -2.06. The molecule has 0 saturated carbocycles. The van der Waals surface area contributed by atoms with Crippen LogP contribution < -0.4 is 0 Å². The van der Waals surface area contributed by atoms with Crippen LogP contribution >= 0.6 is 0 Å². The summed E-state index contributed by atoms with van der Waals surface area (Å²) in [5.74, 6) is -2.63. The molecule has 3 heteroatoms. The van der Waals surface area contributed by atoms with Gasteiger partial charge in [0.1, 0.15) is 0 Å². The lowest BCUT2D eigenvalue weighted by molar-refractivity contribution is 0.103. The Kier molecular flexibility index (Phi) is 3.26. The normalized spacial score (nSPS) is 10.8. The molecule has 0 bridgehead atoms. The zero-order valence-electron chi connectivity index (χ0n) is 11.4. The highest BCUT2D eigenvalue weighted by Gasteiger charge is 2.18. The van der Waals surface area contributed by atoms with Crippen molar-refractivity contribution in [2.45, 2.75) is 6.92 Å². The molecule has 3 aromatic carbocycles. The summed E-state index contributed by atoms with van der Waals surface area (Å²) in [6, 6.07) is 14.5. The number of fused-ring (bicyclic) bond motifs is 1. The zero-order valence-corrected chi connectivity index (χ0v) is 11.4. The summed E-state index contributed by atoms with van der Waals surface area (Å²) in [5.41, 5.74) is 1.16. The zero-order chi connectivity index (χ0) is 15.0. The van der Waals surface area contributed by atoms with E-state index in [4.69, 9.17) is 0 Å². The van der Waals surface area contributed by atoms with Crippen LogP contribution in [0.1, 0.15) is 21.5 Å². The van der Waals surface area contributed by atoms with Gasteiger partial charge >= 0.3 is 0 Å². The number of hydrogen-bond acceptors (Lipinski definition) is 1. The van der Waals surface area contributed by atoms with Crippen LogP contribution in [0.2, 0.25) is 0 Å². The lowest BCUT2D eigenvalue weighted by atomic mass is 9.94. The SMILES string of the molecule is Cc1ccc(C(=O)c2cccc(F)c2F)c2ccccc12. The fraction of sp³-hybridized carbons (Fsp3) is 0.0556. The number of carbonyl (C=O) groups excluding carboxylic acids is 1. The summed E-state index contributed by atoms with van der Waals surface area (Å²) < 4.78 is 27.1. The molecule has 0 aliphatic heterocycles. The molecule has 0 saturated heterocycles. The van der Waals surface area contributed by atoms with Crippen LogP contribution in [0.4, 0.5) is 8.78 Å². The van der Waals surface area contributed by atoms with Gasteiger partial charge in [0.05, 0.1) is 5.56 Å². The van der Waals surface area contributed by atoms with Gasteiger partial charge in [0.25, 0.3) is 0 Å². The summed E-state index contributed by atoms with van der Waals surface area (Å²) in [7, 11) is 0. The van der Waals surface area contributed by atoms with Crippen molar-refractivity contribution in [3.05, 3.63) is 82.9 Å². The van der Waals surface area contributed by atoms with Crippen LogP contribution in [0.5, 0.6) is 0 Å². The van der Waals surface area contributed by atoms with E-state index in [0.717, 1.165) is 22.4 Å². The molecule has 1 nitrogen and oxygen atoms in total. The van der Waals surface area contributed by atoms with E-state index in [0.29, 0.717) is 5.56 Å².